The number of alkyl halides is 1. The average molecular weight is 445 g/mol. The first kappa shape index (κ1) is 22.6. The summed E-state index contributed by atoms with van der Waals surface area (Å²) in [6, 6.07) is 18.0. The first-order chi connectivity index (χ1) is 14.8. The molecule has 0 aliphatic rings. The van der Waals surface area contributed by atoms with Gasteiger partial charge in [-0.25, -0.2) is 17.6 Å². The number of carboxylic acids is 1. The van der Waals surface area contributed by atoms with Crippen LogP contribution in [0.3, 0.4) is 0 Å². The Labute approximate surface area is 179 Å². The van der Waals surface area contributed by atoms with Crippen molar-refractivity contribution >= 4 is 16.0 Å². The standard InChI is InChI=1S/C23H21F2NO4S/c24-15-14-22(18-10-12-20(25)13-11-18)26(31(29,30)21-4-2-1-3-5-21)16-17-6-8-19(9-7-17)23(27)28/h1-13,22H,14-16H2,(H,27,28). The van der Waals surface area contributed by atoms with E-state index in [2.05, 4.69) is 0 Å². The molecule has 5 nitrogen and oxygen atoms in total. The largest absolute Gasteiger partial charge is 0.478 e. The monoisotopic (exact) mass is 445 g/mol. The van der Waals surface area contributed by atoms with Gasteiger partial charge >= 0.3 is 5.97 Å². The maximum absolute atomic E-state index is 13.5. The number of aromatic carboxylic acids is 1. The molecule has 8 heteroatoms. The second-order valence-corrected chi connectivity index (χ2v) is 8.80. The topological polar surface area (TPSA) is 74.7 Å². The molecule has 31 heavy (non-hydrogen) atoms. The number of hydrogen-bond acceptors (Lipinski definition) is 3. The van der Waals surface area contributed by atoms with Gasteiger partial charge in [0.2, 0.25) is 10.0 Å². The van der Waals surface area contributed by atoms with Crippen LogP contribution in [-0.2, 0) is 16.6 Å². The van der Waals surface area contributed by atoms with E-state index in [1.165, 1.54) is 65.0 Å². The summed E-state index contributed by atoms with van der Waals surface area (Å²) in [6.45, 7) is -0.889. The van der Waals surface area contributed by atoms with Crippen LogP contribution in [0.15, 0.2) is 83.8 Å². The molecule has 3 aromatic carbocycles. The van der Waals surface area contributed by atoms with Crippen molar-refractivity contribution in [1.29, 1.82) is 0 Å². The zero-order valence-corrected chi connectivity index (χ0v) is 17.3. The van der Waals surface area contributed by atoms with Crippen LogP contribution in [0.1, 0.15) is 33.9 Å². The third-order valence-corrected chi connectivity index (χ3v) is 6.74. The van der Waals surface area contributed by atoms with E-state index in [0.29, 0.717) is 11.1 Å². The molecule has 0 saturated heterocycles. The highest BCUT2D eigenvalue weighted by molar-refractivity contribution is 7.89. The van der Waals surface area contributed by atoms with Crippen LogP contribution in [0.25, 0.3) is 0 Å². The molecule has 3 rings (SSSR count). The molecule has 0 bridgehead atoms. The summed E-state index contributed by atoms with van der Waals surface area (Å²) in [5.41, 5.74) is 1.07. The number of rotatable bonds is 9. The second kappa shape index (κ2) is 9.80. The van der Waals surface area contributed by atoms with E-state index < -0.39 is 34.5 Å². The fourth-order valence-corrected chi connectivity index (χ4v) is 4.94. The number of hydrogen-bond donors (Lipinski definition) is 1. The van der Waals surface area contributed by atoms with Crippen LogP contribution < -0.4 is 0 Å². The summed E-state index contributed by atoms with van der Waals surface area (Å²) in [5, 5.41) is 9.09. The fourth-order valence-electron chi connectivity index (χ4n) is 3.29. The Morgan fingerprint density at radius 1 is 0.935 bits per heavy atom. The lowest BCUT2D eigenvalue weighted by atomic mass is 10.0. The van der Waals surface area contributed by atoms with Crippen LogP contribution in [0.4, 0.5) is 8.78 Å². The molecule has 0 radical (unpaired) electrons. The van der Waals surface area contributed by atoms with Crippen LogP contribution in [0.5, 0.6) is 0 Å². The first-order valence-corrected chi connectivity index (χ1v) is 11.0. The SMILES string of the molecule is O=C(O)c1ccc(CN(C(CCF)c2ccc(F)cc2)S(=O)(=O)c2ccccc2)cc1. The van der Waals surface area contributed by atoms with Crippen molar-refractivity contribution in [1.82, 2.24) is 4.31 Å². The van der Waals surface area contributed by atoms with E-state index in [-0.39, 0.29) is 23.4 Å². The van der Waals surface area contributed by atoms with Crippen molar-refractivity contribution in [2.75, 3.05) is 6.67 Å². The van der Waals surface area contributed by atoms with E-state index in [4.69, 9.17) is 5.11 Å². The highest BCUT2D eigenvalue weighted by Crippen LogP contribution is 2.32. The predicted octanol–water partition coefficient (Wildman–Crippen LogP) is 4.82. The highest BCUT2D eigenvalue weighted by Gasteiger charge is 2.32. The fraction of sp³-hybridized carbons (Fsp3) is 0.174. The zero-order chi connectivity index (χ0) is 22.4. The minimum Gasteiger partial charge on any atom is -0.478 e. The minimum absolute atomic E-state index is 0.0446. The maximum Gasteiger partial charge on any atom is 0.335 e. The molecular weight excluding hydrogens is 424 g/mol. The average Bonchev–Trinajstić information content (AvgIpc) is 2.77. The predicted molar refractivity (Wildman–Crippen MR) is 112 cm³/mol. The lowest BCUT2D eigenvalue weighted by Gasteiger charge is -2.31. The normalized spacial score (nSPS) is 12.6. The summed E-state index contributed by atoms with van der Waals surface area (Å²) in [5.74, 6) is -1.58. The van der Waals surface area contributed by atoms with E-state index in [0.717, 1.165) is 0 Å². The van der Waals surface area contributed by atoms with Gasteiger partial charge in [0.1, 0.15) is 5.82 Å². The molecule has 162 valence electrons. The third kappa shape index (κ3) is 5.34. The molecule has 0 heterocycles. The number of carboxylic acid groups (broad SMARTS) is 1. The van der Waals surface area contributed by atoms with Gasteiger partial charge in [0.15, 0.2) is 0 Å². The Morgan fingerprint density at radius 3 is 2.10 bits per heavy atom. The van der Waals surface area contributed by atoms with Crippen molar-refractivity contribution in [2.45, 2.75) is 23.9 Å². The number of nitrogens with zero attached hydrogens (tertiary/aromatic N) is 1. The van der Waals surface area contributed by atoms with Gasteiger partial charge < -0.3 is 5.11 Å². The molecule has 0 spiro atoms. The highest BCUT2D eigenvalue weighted by atomic mass is 32.2. The van der Waals surface area contributed by atoms with Gasteiger partial charge in [-0.15, -0.1) is 0 Å². The smallest absolute Gasteiger partial charge is 0.335 e. The Kier molecular flexibility index (Phi) is 7.14. The maximum atomic E-state index is 13.5. The lowest BCUT2D eigenvalue weighted by molar-refractivity contribution is 0.0697. The second-order valence-electron chi connectivity index (χ2n) is 6.91. The number of halogens is 2. The summed E-state index contributed by atoms with van der Waals surface area (Å²) in [4.78, 5) is 11.2. The van der Waals surface area contributed by atoms with Gasteiger partial charge in [-0.05, 0) is 53.9 Å². The Balaban J connectivity index is 2.07. The number of benzene rings is 3. The number of sulfonamides is 1. The molecule has 0 aliphatic heterocycles. The molecule has 0 aromatic heterocycles. The van der Waals surface area contributed by atoms with Crippen molar-refractivity contribution in [3.8, 4) is 0 Å². The molecular formula is C23H21F2NO4S. The molecule has 3 aromatic rings. The summed E-state index contributed by atoms with van der Waals surface area (Å²) in [7, 11) is -4.05. The van der Waals surface area contributed by atoms with Crippen molar-refractivity contribution < 1.29 is 27.1 Å². The molecule has 1 unspecified atom stereocenters. The van der Waals surface area contributed by atoms with Gasteiger partial charge in [0.25, 0.3) is 0 Å². The quantitative estimate of drug-likeness (QED) is 0.513. The summed E-state index contributed by atoms with van der Waals surface area (Å²) < 4.78 is 55.1. The Hall–Kier alpha value is -3.10. The van der Waals surface area contributed by atoms with E-state index in [1.807, 2.05) is 0 Å². The van der Waals surface area contributed by atoms with Gasteiger partial charge in [-0.3, -0.25) is 4.39 Å². The molecule has 1 atom stereocenters. The van der Waals surface area contributed by atoms with Crippen LogP contribution >= 0.6 is 0 Å². The summed E-state index contributed by atoms with van der Waals surface area (Å²) >= 11 is 0. The van der Waals surface area contributed by atoms with E-state index in [1.54, 1.807) is 18.2 Å². The van der Waals surface area contributed by atoms with Gasteiger partial charge in [0.05, 0.1) is 23.2 Å². The molecule has 0 amide bonds. The van der Waals surface area contributed by atoms with Crippen molar-refractivity contribution in [3.05, 3.63) is 101 Å². The minimum atomic E-state index is -4.05. The Bertz CT molecular complexity index is 1120. The van der Waals surface area contributed by atoms with Crippen LogP contribution in [0.2, 0.25) is 0 Å². The summed E-state index contributed by atoms with van der Waals surface area (Å²) in [6.07, 6.45) is -0.120. The van der Waals surface area contributed by atoms with E-state index >= 15 is 0 Å². The first-order valence-electron chi connectivity index (χ1n) is 9.53. The molecule has 0 fully saturated rings. The van der Waals surface area contributed by atoms with Crippen LogP contribution in [0, 0.1) is 5.82 Å². The van der Waals surface area contributed by atoms with Gasteiger partial charge in [0, 0.05) is 6.54 Å². The van der Waals surface area contributed by atoms with Crippen molar-refractivity contribution in [2.24, 2.45) is 0 Å². The molecule has 0 aliphatic carbocycles. The van der Waals surface area contributed by atoms with Crippen molar-refractivity contribution in [3.63, 3.8) is 0 Å². The zero-order valence-electron chi connectivity index (χ0n) is 16.5. The molecule has 1 N–H and O–H groups in total. The Morgan fingerprint density at radius 2 is 1.55 bits per heavy atom. The van der Waals surface area contributed by atoms with E-state index in [9.17, 15) is 22.0 Å². The number of carbonyl (C=O) groups is 1. The third-order valence-electron chi connectivity index (χ3n) is 4.87. The lowest BCUT2D eigenvalue weighted by Crippen LogP contribution is -2.35. The molecule has 0 saturated carbocycles. The van der Waals surface area contributed by atoms with Gasteiger partial charge in [-0.2, -0.15) is 4.31 Å². The van der Waals surface area contributed by atoms with Gasteiger partial charge in [-0.1, -0.05) is 42.5 Å². The van der Waals surface area contributed by atoms with Crippen LogP contribution in [-0.4, -0.2) is 30.5 Å².